The number of ether oxygens (including phenoxy) is 1. The fourth-order valence-electron chi connectivity index (χ4n) is 1.36. The zero-order valence-corrected chi connectivity index (χ0v) is 9.57. The van der Waals surface area contributed by atoms with E-state index in [0.29, 0.717) is 18.2 Å². The van der Waals surface area contributed by atoms with E-state index in [1.807, 2.05) is 13.8 Å². The molecule has 1 aromatic rings. The van der Waals surface area contributed by atoms with Crippen LogP contribution in [0.3, 0.4) is 0 Å². The van der Waals surface area contributed by atoms with Crippen LogP contribution in [0.4, 0.5) is 0 Å². The quantitative estimate of drug-likeness (QED) is 0.778. The highest BCUT2D eigenvalue weighted by Gasteiger charge is 2.24. The highest BCUT2D eigenvalue weighted by molar-refractivity contribution is 5.10. The summed E-state index contributed by atoms with van der Waals surface area (Å²) in [6, 6.07) is 1.77. The lowest BCUT2D eigenvalue weighted by Gasteiger charge is -2.27. The number of aryl methyl sites for hydroxylation is 1. The first kappa shape index (κ1) is 11.7. The molecule has 0 aliphatic rings. The van der Waals surface area contributed by atoms with Gasteiger partial charge in [-0.05, 0) is 20.8 Å². The van der Waals surface area contributed by atoms with Crippen LogP contribution in [0, 0.1) is 6.92 Å². The second-order valence-corrected chi connectivity index (χ2v) is 4.07. The fourth-order valence-corrected chi connectivity index (χ4v) is 1.36. The van der Waals surface area contributed by atoms with Crippen LogP contribution in [-0.2, 0) is 5.54 Å². The van der Waals surface area contributed by atoms with E-state index in [2.05, 4.69) is 4.98 Å². The third-order valence-corrected chi connectivity index (χ3v) is 2.30. The van der Waals surface area contributed by atoms with E-state index in [1.165, 1.54) is 17.7 Å². The molecule has 0 aromatic carbocycles. The first-order valence-corrected chi connectivity index (χ1v) is 4.77. The Kier molecular flexibility index (Phi) is 3.14. The molecule has 0 saturated carbocycles. The Bertz CT molecular complexity index is 410. The molecule has 2 N–H and O–H groups in total. The fraction of sp³-hybridized carbons (Fsp3) is 0.600. The molecule has 1 heterocycles. The Morgan fingerprint density at radius 3 is 2.67 bits per heavy atom. The third kappa shape index (κ3) is 2.18. The van der Waals surface area contributed by atoms with Gasteiger partial charge in [-0.1, -0.05) is 0 Å². The van der Waals surface area contributed by atoms with E-state index in [1.54, 1.807) is 6.92 Å². The van der Waals surface area contributed by atoms with Crippen molar-refractivity contribution in [2.45, 2.75) is 26.3 Å². The number of nitrogens with two attached hydrogens (primary N) is 1. The molecular formula is C10H17N3O2. The molecule has 5 heteroatoms. The van der Waals surface area contributed by atoms with Crippen molar-refractivity contribution in [3.8, 4) is 6.01 Å². The third-order valence-electron chi connectivity index (χ3n) is 2.30. The summed E-state index contributed by atoms with van der Waals surface area (Å²) in [7, 11) is 1.49. The second-order valence-electron chi connectivity index (χ2n) is 4.07. The van der Waals surface area contributed by atoms with Gasteiger partial charge in [0.05, 0.1) is 12.6 Å². The van der Waals surface area contributed by atoms with Gasteiger partial charge in [-0.25, -0.2) is 4.98 Å². The number of rotatable bonds is 3. The minimum Gasteiger partial charge on any atom is -0.468 e. The number of hydrogen-bond donors (Lipinski definition) is 1. The monoisotopic (exact) mass is 211 g/mol. The average molecular weight is 211 g/mol. The van der Waals surface area contributed by atoms with Crippen LogP contribution in [0.25, 0.3) is 0 Å². The molecule has 0 spiro atoms. The van der Waals surface area contributed by atoms with E-state index in [-0.39, 0.29) is 5.56 Å². The summed E-state index contributed by atoms with van der Waals surface area (Å²) in [5.74, 6) is 0. The predicted octanol–water partition coefficient (Wildman–Crippen LogP) is 0.254. The molecule has 1 rings (SSSR count). The van der Waals surface area contributed by atoms with E-state index in [4.69, 9.17) is 10.5 Å². The number of hydrogen-bond acceptors (Lipinski definition) is 4. The van der Waals surface area contributed by atoms with Crippen molar-refractivity contribution in [3.05, 3.63) is 22.1 Å². The number of nitrogens with zero attached hydrogens (tertiary/aromatic N) is 2. The topological polar surface area (TPSA) is 70.1 Å². The maximum absolute atomic E-state index is 11.8. The molecule has 5 nitrogen and oxygen atoms in total. The van der Waals surface area contributed by atoms with E-state index in [0.717, 1.165) is 0 Å². The van der Waals surface area contributed by atoms with Crippen molar-refractivity contribution in [3.63, 3.8) is 0 Å². The first-order chi connectivity index (χ1) is 6.92. The summed E-state index contributed by atoms with van der Waals surface area (Å²) < 4.78 is 6.56. The van der Waals surface area contributed by atoms with Gasteiger partial charge in [0.2, 0.25) is 0 Å². The molecule has 15 heavy (non-hydrogen) atoms. The van der Waals surface area contributed by atoms with Gasteiger partial charge < -0.3 is 10.5 Å². The minimum absolute atomic E-state index is 0.144. The lowest BCUT2D eigenvalue weighted by molar-refractivity contribution is 0.270. The summed E-state index contributed by atoms with van der Waals surface area (Å²) in [5, 5.41) is 0. The molecule has 0 unspecified atom stereocenters. The van der Waals surface area contributed by atoms with Gasteiger partial charge in [-0.3, -0.25) is 9.36 Å². The van der Waals surface area contributed by atoms with Crippen molar-refractivity contribution in [1.29, 1.82) is 0 Å². The molecule has 84 valence electrons. The van der Waals surface area contributed by atoms with Crippen molar-refractivity contribution in [1.82, 2.24) is 9.55 Å². The van der Waals surface area contributed by atoms with Crippen LogP contribution in [0.5, 0.6) is 6.01 Å². The van der Waals surface area contributed by atoms with Gasteiger partial charge in [0.25, 0.3) is 11.6 Å². The van der Waals surface area contributed by atoms with E-state index in [9.17, 15) is 4.79 Å². The maximum atomic E-state index is 11.8. The van der Waals surface area contributed by atoms with Gasteiger partial charge in [0, 0.05) is 18.3 Å². The van der Waals surface area contributed by atoms with Gasteiger partial charge in [0.15, 0.2) is 0 Å². The smallest absolute Gasteiger partial charge is 0.299 e. The summed E-state index contributed by atoms with van der Waals surface area (Å²) >= 11 is 0. The molecule has 0 bridgehead atoms. The van der Waals surface area contributed by atoms with Crippen molar-refractivity contribution >= 4 is 0 Å². The van der Waals surface area contributed by atoms with Crippen LogP contribution in [0.2, 0.25) is 0 Å². The molecule has 0 aliphatic heterocycles. The Morgan fingerprint density at radius 2 is 2.20 bits per heavy atom. The Morgan fingerprint density at radius 1 is 1.60 bits per heavy atom. The maximum Gasteiger partial charge on any atom is 0.299 e. The summed E-state index contributed by atoms with van der Waals surface area (Å²) in [6.45, 7) is 5.83. The zero-order valence-electron chi connectivity index (χ0n) is 9.57. The zero-order chi connectivity index (χ0) is 11.6. The number of methoxy groups -OCH3 is 1. The van der Waals surface area contributed by atoms with Gasteiger partial charge in [-0.2, -0.15) is 0 Å². The highest BCUT2D eigenvalue weighted by atomic mass is 16.5. The van der Waals surface area contributed by atoms with Crippen molar-refractivity contribution < 1.29 is 4.74 Å². The van der Waals surface area contributed by atoms with E-state index >= 15 is 0 Å². The molecule has 0 saturated heterocycles. The standard InChI is InChI=1S/C10H17N3O2/c1-7-5-8(14)13(9(12-7)15-4)10(2,3)6-11/h5H,6,11H2,1-4H3. The average Bonchev–Trinajstić information content (AvgIpc) is 2.15. The molecule has 0 atom stereocenters. The molecule has 0 aliphatic carbocycles. The van der Waals surface area contributed by atoms with Crippen LogP contribution in [-0.4, -0.2) is 23.2 Å². The van der Waals surface area contributed by atoms with Gasteiger partial charge in [-0.15, -0.1) is 0 Å². The highest BCUT2D eigenvalue weighted by Crippen LogP contribution is 2.17. The van der Waals surface area contributed by atoms with Crippen LogP contribution in [0.1, 0.15) is 19.5 Å². The summed E-state index contributed by atoms with van der Waals surface area (Å²) in [5.41, 5.74) is 5.62. The SMILES string of the molecule is COc1nc(C)cc(=O)n1C(C)(C)CN. The van der Waals surface area contributed by atoms with Crippen LogP contribution < -0.4 is 16.0 Å². The van der Waals surface area contributed by atoms with Crippen molar-refractivity contribution in [2.75, 3.05) is 13.7 Å². The van der Waals surface area contributed by atoms with E-state index < -0.39 is 5.54 Å². The normalized spacial score (nSPS) is 11.5. The van der Waals surface area contributed by atoms with Gasteiger partial charge in [0.1, 0.15) is 0 Å². The summed E-state index contributed by atoms with van der Waals surface area (Å²) in [6.07, 6.45) is 0. The molecule has 0 radical (unpaired) electrons. The second kappa shape index (κ2) is 4.02. The number of aromatic nitrogens is 2. The Labute approximate surface area is 88.9 Å². The summed E-state index contributed by atoms with van der Waals surface area (Å²) in [4.78, 5) is 16.0. The Balaban J connectivity index is 3.46. The van der Waals surface area contributed by atoms with Crippen molar-refractivity contribution in [2.24, 2.45) is 5.73 Å². The molecule has 0 amide bonds. The largest absolute Gasteiger partial charge is 0.468 e. The van der Waals surface area contributed by atoms with Crippen LogP contribution >= 0.6 is 0 Å². The molecule has 0 fully saturated rings. The lowest BCUT2D eigenvalue weighted by Crippen LogP contribution is -2.42. The van der Waals surface area contributed by atoms with Crippen LogP contribution in [0.15, 0.2) is 10.9 Å². The molecule has 1 aromatic heterocycles. The minimum atomic E-state index is -0.497. The Hall–Kier alpha value is -1.36. The predicted molar refractivity (Wildman–Crippen MR) is 58.2 cm³/mol. The lowest BCUT2D eigenvalue weighted by atomic mass is 10.1. The van der Waals surface area contributed by atoms with Gasteiger partial charge >= 0.3 is 0 Å². The first-order valence-electron chi connectivity index (χ1n) is 4.77. The molecular weight excluding hydrogens is 194 g/mol.